The minimum atomic E-state index is 0.639. The number of hydrogen-bond donors (Lipinski definition) is 0. The number of benzene rings is 7. The molecule has 0 bridgehead atoms. The van der Waals surface area contributed by atoms with Gasteiger partial charge < -0.3 is 4.42 Å². The molecule has 0 aliphatic heterocycles. The van der Waals surface area contributed by atoms with E-state index in [1.54, 1.807) is 0 Å². The molecule has 4 nitrogen and oxygen atoms in total. The second-order valence-electron chi connectivity index (χ2n) is 11.7. The van der Waals surface area contributed by atoms with E-state index in [4.69, 9.17) is 19.4 Å². The van der Waals surface area contributed by atoms with Crippen LogP contribution in [0.3, 0.4) is 0 Å². The lowest BCUT2D eigenvalue weighted by Gasteiger charge is -2.10. The van der Waals surface area contributed by atoms with Gasteiger partial charge >= 0.3 is 0 Å². The van der Waals surface area contributed by atoms with Crippen LogP contribution in [-0.4, -0.2) is 15.0 Å². The highest BCUT2D eigenvalue weighted by atomic mass is 16.3. The van der Waals surface area contributed by atoms with Crippen LogP contribution in [0.2, 0.25) is 0 Å². The van der Waals surface area contributed by atoms with Gasteiger partial charge in [-0.15, -0.1) is 0 Å². The Hall–Kier alpha value is -6.39. The van der Waals surface area contributed by atoms with Gasteiger partial charge in [-0.25, -0.2) is 15.0 Å². The normalized spacial score (nSPS) is 11.4. The van der Waals surface area contributed by atoms with Crippen molar-refractivity contribution >= 4 is 32.7 Å². The second kappa shape index (κ2) is 11.2. The largest absolute Gasteiger partial charge is 0.456 e. The zero-order valence-electron chi connectivity index (χ0n) is 25.3. The number of rotatable bonds is 5. The first kappa shape index (κ1) is 27.0. The highest BCUT2D eigenvalue weighted by Gasteiger charge is 2.14. The van der Waals surface area contributed by atoms with Crippen molar-refractivity contribution in [2.75, 3.05) is 0 Å². The Morgan fingerprint density at radius 3 is 1.47 bits per heavy atom. The van der Waals surface area contributed by atoms with Crippen molar-refractivity contribution < 1.29 is 4.42 Å². The first-order valence-corrected chi connectivity index (χ1v) is 15.7. The maximum atomic E-state index is 6.26. The molecule has 0 saturated carbocycles. The third-order valence-electron chi connectivity index (χ3n) is 8.71. The van der Waals surface area contributed by atoms with Crippen LogP contribution in [0.5, 0.6) is 0 Å². The van der Waals surface area contributed by atoms with Gasteiger partial charge in [0.15, 0.2) is 17.5 Å². The van der Waals surface area contributed by atoms with Crippen LogP contribution in [0.1, 0.15) is 0 Å². The molecule has 0 aliphatic rings. The summed E-state index contributed by atoms with van der Waals surface area (Å²) < 4.78 is 6.26. The van der Waals surface area contributed by atoms with Gasteiger partial charge in [0, 0.05) is 27.5 Å². The van der Waals surface area contributed by atoms with E-state index in [0.29, 0.717) is 17.5 Å². The fraction of sp³-hybridized carbons (Fsp3) is 0. The van der Waals surface area contributed by atoms with Gasteiger partial charge in [-0.1, -0.05) is 133 Å². The van der Waals surface area contributed by atoms with Crippen molar-refractivity contribution in [2.45, 2.75) is 0 Å². The lowest BCUT2D eigenvalue weighted by Crippen LogP contribution is -2.00. The summed E-state index contributed by atoms with van der Waals surface area (Å²) in [5.74, 6) is 1.94. The summed E-state index contributed by atoms with van der Waals surface area (Å²) in [6.07, 6.45) is 0. The van der Waals surface area contributed by atoms with Crippen LogP contribution >= 0.6 is 0 Å². The van der Waals surface area contributed by atoms with Gasteiger partial charge in [-0.3, -0.25) is 0 Å². The van der Waals surface area contributed by atoms with Gasteiger partial charge in [0.1, 0.15) is 11.2 Å². The number of fused-ring (bicyclic) bond motifs is 5. The lowest BCUT2D eigenvalue weighted by molar-refractivity contribution is 0.669. The molecule has 0 spiro atoms. The van der Waals surface area contributed by atoms with Gasteiger partial charge in [-0.05, 0) is 63.4 Å². The van der Waals surface area contributed by atoms with E-state index >= 15 is 0 Å². The van der Waals surface area contributed by atoms with Crippen molar-refractivity contribution in [3.63, 3.8) is 0 Å². The number of aromatic nitrogens is 3. The smallest absolute Gasteiger partial charge is 0.164 e. The molecule has 2 heterocycles. The maximum Gasteiger partial charge on any atom is 0.164 e. The molecular weight excluding hydrogens is 574 g/mol. The van der Waals surface area contributed by atoms with Crippen LogP contribution in [-0.2, 0) is 0 Å². The Labute approximate surface area is 271 Å². The fourth-order valence-electron chi connectivity index (χ4n) is 6.38. The minimum absolute atomic E-state index is 0.639. The Bertz CT molecular complexity index is 2510. The predicted molar refractivity (Wildman–Crippen MR) is 192 cm³/mol. The standard InChI is InChI=1S/C43H27N3O/c1-3-12-29(13-4-1)41-44-42(30-14-5-2-6-15-30)46-43(45-41)35-19-10-18-33(26-35)31-16-9-17-32(25-31)34-22-23-38-37(27-34)40-36-20-8-7-11-28(36)21-24-39(40)47-38/h1-27H. The molecule has 0 unspecified atom stereocenters. The molecule has 220 valence electrons. The fourth-order valence-corrected chi connectivity index (χ4v) is 6.38. The van der Waals surface area contributed by atoms with Gasteiger partial charge in [-0.2, -0.15) is 0 Å². The van der Waals surface area contributed by atoms with Crippen molar-refractivity contribution in [2.24, 2.45) is 0 Å². The van der Waals surface area contributed by atoms with Crippen molar-refractivity contribution in [1.82, 2.24) is 15.0 Å². The average molecular weight is 602 g/mol. The first-order valence-electron chi connectivity index (χ1n) is 15.7. The van der Waals surface area contributed by atoms with Crippen LogP contribution in [0, 0.1) is 0 Å². The number of furan rings is 1. The molecule has 47 heavy (non-hydrogen) atoms. The zero-order valence-corrected chi connectivity index (χ0v) is 25.3. The molecule has 0 N–H and O–H groups in total. The maximum absolute atomic E-state index is 6.26. The molecular formula is C43H27N3O. The van der Waals surface area contributed by atoms with E-state index in [0.717, 1.165) is 60.9 Å². The molecule has 9 rings (SSSR count). The molecule has 4 heteroatoms. The highest BCUT2D eigenvalue weighted by Crippen LogP contribution is 2.37. The van der Waals surface area contributed by atoms with Crippen LogP contribution in [0.25, 0.3) is 89.1 Å². The molecule has 9 aromatic rings. The summed E-state index contributed by atoms with van der Waals surface area (Å²) >= 11 is 0. The first-order chi connectivity index (χ1) is 23.3. The quantitative estimate of drug-likeness (QED) is 0.197. The van der Waals surface area contributed by atoms with Gasteiger partial charge in [0.2, 0.25) is 0 Å². The molecule has 0 atom stereocenters. The SMILES string of the molecule is c1ccc(-c2nc(-c3ccccc3)nc(-c3cccc(-c4cccc(-c5ccc6oc7ccc8ccccc8c7c6c5)c4)c3)n2)cc1. The third kappa shape index (κ3) is 4.93. The molecule has 0 radical (unpaired) electrons. The summed E-state index contributed by atoms with van der Waals surface area (Å²) in [6, 6.07) is 56.4. The van der Waals surface area contributed by atoms with E-state index in [-0.39, 0.29) is 0 Å². The Balaban J connectivity index is 1.13. The Morgan fingerprint density at radius 1 is 0.319 bits per heavy atom. The topological polar surface area (TPSA) is 51.8 Å². The monoisotopic (exact) mass is 601 g/mol. The predicted octanol–water partition coefficient (Wildman–Crippen LogP) is 11.3. The molecule has 0 saturated heterocycles. The highest BCUT2D eigenvalue weighted by molar-refractivity contribution is 6.19. The summed E-state index contributed by atoms with van der Waals surface area (Å²) in [7, 11) is 0. The van der Waals surface area contributed by atoms with E-state index in [2.05, 4.69) is 103 Å². The Kier molecular flexibility index (Phi) is 6.43. The van der Waals surface area contributed by atoms with Crippen LogP contribution in [0.4, 0.5) is 0 Å². The van der Waals surface area contributed by atoms with E-state index in [9.17, 15) is 0 Å². The average Bonchev–Trinajstić information content (AvgIpc) is 3.54. The van der Waals surface area contributed by atoms with Gasteiger partial charge in [0.25, 0.3) is 0 Å². The number of nitrogens with zero attached hydrogens (tertiary/aromatic N) is 3. The molecule has 7 aromatic carbocycles. The second-order valence-corrected chi connectivity index (χ2v) is 11.7. The van der Waals surface area contributed by atoms with Crippen LogP contribution in [0.15, 0.2) is 168 Å². The van der Waals surface area contributed by atoms with Crippen molar-refractivity contribution in [3.05, 3.63) is 164 Å². The van der Waals surface area contributed by atoms with Crippen molar-refractivity contribution in [1.29, 1.82) is 0 Å². The number of hydrogen-bond acceptors (Lipinski definition) is 4. The molecule has 0 fully saturated rings. The van der Waals surface area contributed by atoms with E-state index in [1.807, 2.05) is 60.7 Å². The summed E-state index contributed by atoms with van der Waals surface area (Å²) in [5, 5.41) is 4.70. The van der Waals surface area contributed by atoms with Crippen LogP contribution < -0.4 is 0 Å². The molecule has 0 amide bonds. The third-order valence-corrected chi connectivity index (χ3v) is 8.71. The van der Waals surface area contributed by atoms with Gasteiger partial charge in [0.05, 0.1) is 0 Å². The minimum Gasteiger partial charge on any atom is -0.456 e. The lowest BCUT2D eigenvalue weighted by atomic mass is 9.96. The van der Waals surface area contributed by atoms with E-state index < -0.39 is 0 Å². The summed E-state index contributed by atoms with van der Waals surface area (Å²) in [4.78, 5) is 14.7. The van der Waals surface area contributed by atoms with E-state index in [1.165, 1.54) is 10.8 Å². The molecule has 2 aromatic heterocycles. The van der Waals surface area contributed by atoms with Crippen molar-refractivity contribution in [3.8, 4) is 56.4 Å². The molecule has 0 aliphatic carbocycles. The zero-order chi connectivity index (χ0) is 31.2. The Morgan fingerprint density at radius 2 is 0.809 bits per heavy atom. The summed E-state index contributed by atoms with van der Waals surface area (Å²) in [5.41, 5.74) is 9.13. The summed E-state index contributed by atoms with van der Waals surface area (Å²) in [6.45, 7) is 0.